The molecule has 156 valence electrons. The van der Waals surface area contributed by atoms with E-state index in [0.29, 0.717) is 13.2 Å². The first kappa shape index (κ1) is 19.9. The molecule has 0 bridgehead atoms. The Kier molecular flexibility index (Phi) is 5.34. The van der Waals surface area contributed by atoms with Gasteiger partial charge >= 0.3 is 12.0 Å². The lowest BCUT2D eigenvalue weighted by Gasteiger charge is -2.30. The van der Waals surface area contributed by atoms with Gasteiger partial charge in [-0.05, 0) is 62.6 Å². The summed E-state index contributed by atoms with van der Waals surface area (Å²) in [6.07, 6.45) is 4.93. The Morgan fingerprint density at radius 2 is 2.07 bits per heavy atom. The fourth-order valence-corrected chi connectivity index (χ4v) is 4.90. The highest BCUT2D eigenvalue weighted by Gasteiger charge is 2.50. The van der Waals surface area contributed by atoms with Gasteiger partial charge in [0.15, 0.2) is 6.67 Å². The average Bonchev–Trinajstić information content (AvgIpc) is 3.27. The molecule has 4 rings (SSSR count). The molecular formula is C22H30N3O4+. The maximum Gasteiger partial charge on any atom is 0.329 e. The lowest BCUT2D eigenvalue weighted by molar-refractivity contribution is -0.914. The Bertz CT molecular complexity index is 839. The zero-order valence-corrected chi connectivity index (χ0v) is 17.3. The van der Waals surface area contributed by atoms with E-state index in [0.717, 1.165) is 49.1 Å². The molecule has 1 aliphatic carbocycles. The SMILES string of the molecule is CCOC(=O)[C@@H]1CCC[NH+](CN2C(=O)N[C@](C)(c3ccc4c(c3)CCC4)C2=O)C1. The molecule has 7 nitrogen and oxygen atoms in total. The van der Waals surface area contributed by atoms with Gasteiger partial charge in [-0.2, -0.15) is 0 Å². The van der Waals surface area contributed by atoms with Crippen molar-refractivity contribution in [2.45, 2.75) is 51.5 Å². The molecule has 1 unspecified atom stereocenters. The number of ether oxygens (including phenoxy) is 1. The van der Waals surface area contributed by atoms with Crippen molar-refractivity contribution in [2.75, 3.05) is 26.4 Å². The summed E-state index contributed by atoms with van der Waals surface area (Å²) in [4.78, 5) is 40.4. The number of esters is 1. The number of fused-ring (bicyclic) bond motifs is 1. The number of carbonyl (C=O) groups is 3. The van der Waals surface area contributed by atoms with Gasteiger partial charge in [-0.3, -0.25) is 9.59 Å². The number of piperidine rings is 1. The van der Waals surface area contributed by atoms with Crippen molar-refractivity contribution in [1.29, 1.82) is 0 Å². The van der Waals surface area contributed by atoms with E-state index < -0.39 is 5.54 Å². The Labute approximate surface area is 171 Å². The Morgan fingerprint density at radius 3 is 2.86 bits per heavy atom. The van der Waals surface area contributed by atoms with Gasteiger partial charge in [0.1, 0.15) is 11.5 Å². The van der Waals surface area contributed by atoms with Gasteiger partial charge in [0, 0.05) is 0 Å². The Morgan fingerprint density at radius 1 is 1.28 bits per heavy atom. The number of likely N-dealkylation sites (tertiary alicyclic amines) is 1. The van der Waals surface area contributed by atoms with Crippen LogP contribution in [0.15, 0.2) is 18.2 Å². The first-order valence-corrected chi connectivity index (χ1v) is 10.7. The molecule has 0 radical (unpaired) electrons. The van der Waals surface area contributed by atoms with Gasteiger partial charge in [-0.15, -0.1) is 0 Å². The van der Waals surface area contributed by atoms with Crippen molar-refractivity contribution >= 4 is 17.9 Å². The summed E-state index contributed by atoms with van der Waals surface area (Å²) in [5.74, 6) is -0.557. The molecule has 29 heavy (non-hydrogen) atoms. The monoisotopic (exact) mass is 400 g/mol. The lowest BCUT2D eigenvalue weighted by Crippen LogP contribution is -3.15. The quantitative estimate of drug-likeness (QED) is 0.565. The van der Waals surface area contributed by atoms with E-state index in [4.69, 9.17) is 4.74 Å². The van der Waals surface area contributed by atoms with Crippen LogP contribution >= 0.6 is 0 Å². The van der Waals surface area contributed by atoms with Crippen LogP contribution in [0.4, 0.5) is 4.79 Å². The summed E-state index contributed by atoms with van der Waals surface area (Å²) in [5.41, 5.74) is 2.43. The topological polar surface area (TPSA) is 80.2 Å². The van der Waals surface area contributed by atoms with E-state index in [-0.39, 0.29) is 30.5 Å². The second-order valence-corrected chi connectivity index (χ2v) is 8.58. The number of nitrogens with one attached hydrogen (secondary N) is 2. The summed E-state index contributed by atoms with van der Waals surface area (Å²) in [6, 6.07) is 5.78. The van der Waals surface area contributed by atoms with Crippen molar-refractivity contribution in [1.82, 2.24) is 10.2 Å². The normalized spacial score (nSPS) is 29.0. The molecule has 1 aromatic rings. The van der Waals surface area contributed by atoms with Crippen LogP contribution in [0.25, 0.3) is 0 Å². The molecule has 3 amide bonds. The zero-order valence-electron chi connectivity index (χ0n) is 17.3. The number of rotatable bonds is 5. The van der Waals surface area contributed by atoms with E-state index in [1.54, 1.807) is 13.8 Å². The number of imide groups is 1. The van der Waals surface area contributed by atoms with Crippen LogP contribution in [0.2, 0.25) is 0 Å². The molecule has 7 heteroatoms. The van der Waals surface area contributed by atoms with E-state index in [9.17, 15) is 14.4 Å². The summed E-state index contributed by atoms with van der Waals surface area (Å²) in [5, 5.41) is 2.91. The van der Waals surface area contributed by atoms with E-state index >= 15 is 0 Å². The molecule has 2 saturated heterocycles. The first-order chi connectivity index (χ1) is 13.9. The Balaban J connectivity index is 1.47. The minimum Gasteiger partial charge on any atom is -0.466 e. The van der Waals surface area contributed by atoms with Crippen molar-refractivity contribution in [3.8, 4) is 0 Å². The van der Waals surface area contributed by atoms with Crippen LogP contribution < -0.4 is 10.2 Å². The van der Waals surface area contributed by atoms with E-state index in [1.807, 2.05) is 6.07 Å². The molecule has 3 atom stereocenters. The van der Waals surface area contributed by atoms with Crippen molar-refractivity contribution < 1.29 is 24.0 Å². The molecule has 0 saturated carbocycles. The lowest BCUT2D eigenvalue weighted by atomic mass is 9.90. The summed E-state index contributed by atoms with van der Waals surface area (Å²) in [7, 11) is 0. The molecule has 2 aliphatic heterocycles. The van der Waals surface area contributed by atoms with Gasteiger partial charge in [0.05, 0.1) is 19.7 Å². The largest absolute Gasteiger partial charge is 0.466 e. The number of nitrogens with zero attached hydrogens (tertiary/aromatic N) is 1. The minimum absolute atomic E-state index is 0.164. The molecule has 3 aliphatic rings. The number of hydrogen-bond acceptors (Lipinski definition) is 4. The molecule has 2 fully saturated rings. The number of benzene rings is 1. The van der Waals surface area contributed by atoms with Crippen LogP contribution in [0.5, 0.6) is 0 Å². The van der Waals surface area contributed by atoms with Crippen LogP contribution in [0.3, 0.4) is 0 Å². The molecule has 2 heterocycles. The highest BCUT2D eigenvalue weighted by Crippen LogP contribution is 2.32. The standard InChI is InChI=1S/C22H29N3O4/c1-3-29-19(26)17-8-5-11-24(13-17)14-25-20(27)22(2,23-21(25)28)18-10-9-15-6-4-7-16(15)12-18/h9-10,12,17H,3-8,11,13-14H2,1-2H3,(H,23,28)/p+1/t17-,22-/m1/s1. The number of carbonyl (C=O) groups excluding carboxylic acids is 3. The fraction of sp³-hybridized carbons (Fsp3) is 0.591. The smallest absolute Gasteiger partial charge is 0.329 e. The third-order valence-corrected chi connectivity index (χ3v) is 6.57. The van der Waals surface area contributed by atoms with Crippen LogP contribution in [-0.4, -0.2) is 49.2 Å². The minimum atomic E-state index is -1.04. The van der Waals surface area contributed by atoms with Gasteiger partial charge in [0.25, 0.3) is 5.91 Å². The van der Waals surface area contributed by atoms with Crippen molar-refractivity contribution in [3.05, 3.63) is 34.9 Å². The number of amides is 3. The number of quaternary nitrogens is 1. The molecule has 2 N–H and O–H groups in total. The highest BCUT2D eigenvalue weighted by atomic mass is 16.5. The van der Waals surface area contributed by atoms with Crippen LogP contribution in [0, 0.1) is 5.92 Å². The second kappa shape index (κ2) is 7.78. The van der Waals surface area contributed by atoms with E-state index in [1.165, 1.54) is 16.0 Å². The highest BCUT2D eigenvalue weighted by molar-refractivity contribution is 6.07. The van der Waals surface area contributed by atoms with Crippen LogP contribution in [-0.2, 0) is 32.7 Å². The summed E-state index contributed by atoms with van der Waals surface area (Å²) < 4.78 is 5.16. The van der Waals surface area contributed by atoms with Crippen LogP contribution in [0.1, 0.15) is 49.8 Å². The maximum absolute atomic E-state index is 13.3. The number of aryl methyl sites for hydroxylation is 2. The molecule has 0 aromatic heterocycles. The number of urea groups is 1. The summed E-state index contributed by atoms with van der Waals surface area (Å²) in [6.45, 7) is 5.67. The predicted octanol–water partition coefficient (Wildman–Crippen LogP) is 0.758. The van der Waals surface area contributed by atoms with Gasteiger partial charge in [-0.25, -0.2) is 9.69 Å². The maximum atomic E-state index is 13.3. The molecule has 1 aromatic carbocycles. The Hall–Kier alpha value is -2.41. The fourth-order valence-electron chi connectivity index (χ4n) is 4.90. The predicted molar refractivity (Wildman–Crippen MR) is 106 cm³/mol. The van der Waals surface area contributed by atoms with Gasteiger partial charge < -0.3 is 15.0 Å². The van der Waals surface area contributed by atoms with E-state index in [2.05, 4.69) is 17.4 Å². The first-order valence-electron chi connectivity index (χ1n) is 10.7. The van der Waals surface area contributed by atoms with Gasteiger partial charge in [-0.1, -0.05) is 18.2 Å². The average molecular weight is 400 g/mol. The number of hydrogen-bond donors (Lipinski definition) is 2. The third-order valence-electron chi connectivity index (χ3n) is 6.57. The van der Waals surface area contributed by atoms with Crippen molar-refractivity contribution in [3.63, 3.8) is 0 Å². The summed E-state index contributed by atoms with van der Waals surface area (Å²) >= 11 is 0. The molecule has 0 spiro atoms. The molecular weight excluding hydrogens is 370 g/mol. The van der Waals surface area contributed by atoms with Gasteiger partial charge in [0.2, 0.25) is 0 Å². The van der Waals surface area contributed by atoms with Crippen molar-refractivity contribution in [2.24, 2.45) is 5.92 Å². The zero-order chi connectivity index (χ0) is 20.6. The second-order valence-electron chi connectivity index (χ2n) is 8.58. The third kappa shape index (κ3) is 3.64.